The van der Waals surface area contributed by atoms with E-state index in [1.54, 1.807) is 51.9 Å². The van der Waals surface area contributed by atoms with Crippen LogP contribution in [-0.2, 0) is 34.0 Å². The van der Waals surface area contributed by atoms with E-state index in [9.17, 15) is 33.9 Å². The number of nitrogens with zero attached hydrogens (tertiary/aromatic N) is 4. The number of carboxylic acids is 1. The highest BCUT2D eigenvalue weighted by molar-refractivity contribution is 5.95. The maximum atomic E-state index is 15.4. The molecule has 0 saturated carbocycles. The summed E-state index contributed by atoms with van der Waals surface area (Å²) in [5.74, 6) is -2.21. The van der Waals surface area contributed by atoms with Crippen LogP contribution in [0.15, 0.2) is 89.6 Å². The molecule has 2 aliphatic heterocycles. The number of fused-ring (bicyclic) bond motifs is 1. The van der Waals surface area contributed by atoms with Crippen LogP contribution in [0.25, 0.3) is 10.9 Å². The number of carboxylic acid groups (broad SMARTS) is 1. The van der Waals surface area contributed by atoms with Gasteiger partial charge in [-0.25, -0.2) is 23.6 Å². The van der Waals surface area contributed by atoms with Crippen LogP contribution in [0.5, 0.6) is 0 Å². The molecular formula is C45H55FN10O9. The zero-order valence-corrected chi connectivity index (χ0v) is 36.5. The number of hydrazine groups is 2. The second-order valence-corrected chi connectivity index (χ2v) is 16.1. The van der Waals surface area contributed by atoms with Gasteiger partial charge in [-0.05, 0) is 67.5 Å². The summed E-state index contributed by atoms with van der Waals surface area (Å²) in [7, 11) is 0. The molecule has 2 aliphatic rings. The number of aryl methyl sites for hydroxylation is 1. The van der Waals surface area contributed by atoms with Crippen molar-refractivity contribution in [2.24, 2.45) is 11.7 Å². The van der Waals surface area contributed by atoms with Gasteiger partial charge in [0.1, 0.15) is 30.6 Å². The number of primary amides is 1. The zero-order valence-electron chi connectivity index (χ0n) is 36.5. The Hall–Kier alpha value is -7.35. The quantitative estimate of drug-likeness (QED) is 0.0678. The van der Waals surface area contributed by atoms with Gasteiger partial charge in [-0.3, -0.25) is 14.6 Å². The Morgan fingerprint density at radius 2 is 1.63 bits per heavy atom. The van der Waals surface area contributed by atoms with Gasteiger partial charge in [-0.1, -0.05) is 56.3 Å². The molecule has 3 heterocycles. The third-order valence-corrected chi connectivity index (χ3v) is 11.0. The number of amides is 5. The first kappa shape index (κ1) is 47.1. The highest BCUT2D eigenvalue weighted by Gasteiger charge is 2.31. The average molecular weight is 899 g/mol. The Kier molecular flexibility index (Phi) is 15.8. The van der Waals surface area contributed by atoms with Gasteiger partial charge in [0.05, 0.1) is 22.9 Å². The van der Waals surface area contributed by atoms with Gasteiger partial charge in [-0.2, -0.15) is 0 Å². The molecule has 20 heteroatoms. The molecule has 4 aromatic rings. The van der Waals surface area contributed by atoms with Crippen molar-refractivity contribution in [3.05, 3.63) is 118 Å². The minimum absolute atomic E-state index is 0.0222. The van der Waals surface area contributed by atoms with E-state index in [1.807, 2.05) is 44.2 Å². The summed E-state index contributed by atoms with van der Waals surface area (Å²) < 4.78 is 28.0. The predicted molar refractivity (Wildman–Crippen MR) is 240 cm³/mol. The number of ether oxygens (including phenoxy) is 2. The maximum absolute atomic E-state index is 15.4. The molecule has 3 aromatic carbocycles. The molecule has 0 unspecified atom stereocenters. The molecule has 1 fully saturated rings. The summed E-state index contributed by atoms with van der Waals surface area (Å²) in [6.07, 6.45) is 3.14. The number of piperazine rings is 1. The fraction of sp³-hybridized carbons (Fsp3) is 0.378. The lowest BCUT2D eigenvalue weighted by atomic mass is 10.0. The fourth-order valence-electron chi connectivity index (χ4n) is 7.57. The van der Waals surface area contributed by atoms with Crippen LogP contribution in [-0.4, -0.2) is 94.5 Å². The number of hydrogen-bond donors (Lipinski definition) is 7. The van der Waals surface area contributed by atoms with Crippen molar-refractivity contribution in [2.45, 2.75) is 71.9 Å². The summed E-state index contributed by atoms with van der Waals surface area (Å²) in [6, 6.07) is 16.8. The van der Waals surface area contributed by atoms with Crippen molar-refractivity contribution in [2.75, 3.05) is 42.9 Å². The molecule has 65 heavy (non-hydrogen) atoms. The van der Waals surface area contributed by atoms with E-state index >= 15 is 4.39 Å². The maximum Gasteiger partial charge on any atom is 0.410 e. The van der Waals surface area contributed by atoms with E-state index in [4.69, 9.17) is 15.2 Å². The molecule has 5 amide bonds. The van der Waals surface area contributed by atoms with Gasteiger partial charge in [-0.15, -0.1) is 5.53 Å². The van der Waals surface area contributed by atoms with Crippen molar-refractivity contribution >= 4 is 52.4 Å². The molecule has 2 atom stereocenters. The van der Waals surface area contributed by atoms with Crippen molar-refractivity contribution in [3.63, 3.8) is 0 Å². The van der Waals surface area contributed by atoms with Crippen LogP contribution in [0.1, 0.15) is 61.5 Å². The van der Waals surface area contributed by atoms with E-state index < -0.39 is 53.1 Å². The number of pyridine rings is 1. The summed E-state index contributed by atoms with van der Waals surface area (Å²) in [5, 5.41) is 19.4. The number of hydrogen-bond acceptors (Lipinski definition) is 12. The Morgan fingerprint density at radius 3 is 2.29 bits per heavy atom. The molecule has 0 bridgehead atoms. The summed E-state index contributed by atoms with van der Waals surface area (Å²) in [4.78, 5) is 78.7. The van der Waals surface area contributed by atoms with Gasteiger partial charge in [0.2, 0.25) is 11.3 Å². The van der Waals surface area contributed by atoms with Gasteiger partial charge in [0, 0.05) is 62.7 Å². The van der Waals surface area contributed by atoms with E-state index in [0.29, 0.717) is 48.3 Å². The SMILES string of the molecule is CCn1cc(C(=O)O)c(=O)c2cc(F)c(N3CCN(C(=O)OCc4ccc(NC(=O)[C@H](CCCNC(N)=O)N5C=C([C@H](CC(C)C)NC(=O)OCc6ccccc6)NN5)cc4)CC3)cc21. The van der Waals surface area contributed by atoms with Gasteiger partial charge < -0.3 is 56.1 Å². The normalized spacial score (nSPS) is 14.6. The number of nitrogens with one attached hydrogen (secondary N) is 5. The predicted octanol–water partition coefficient (Wildman–Crippen LogP) is 4.58. The van der Waals surface area contributed by atoms with Crippen molar-refractivity contribution in [1.82, 2.24) is 36.1 Å². The molecule has 0 radical (unpaired) electrons. The first-order valence-electron chi connectivity index (χ1n) is 21.4. The van der Waals surface area contributed by atoms with E-state index in [-0.39, 0.29) is 68.8 Å². The topological polar surface area (TPSA) is 242 Å². The number of halogens is 1. The second-order valence-electron chi connectivity index (χ2n) is 16.1. The smallest absolute Gasteiger partial charge is 0.410 e. The lowest BCUT2D eigenvalue weighted by molar-refractivity contribution is -0.121. The molecule has 19 nitrogen and oxygen atoms in total. The Balaban J connectivity index is 1.03. The lowest BCUT2D eigenvalue weighted by Crippen LogP contribution is -2.50. The fourth-order valence-corrected chi connectivity index (χ4v) is 7.57. The standard InChI is InChI=1S/C45H55FN10O9/c1-4-53-24-33(42(59)60)40(57)32-22-34(46)39(23-38(32)53)54-17-19-55(20-18-54)45(63)65-27-30-12-14-31(15-13-30)49-41(58)37(11-8-16-48-43(47)61)56-25-36(51-52-56)35(21-28(2)3)50-44(62)64-26-29-9-6-5-7-10-29/h5-7,9-10,12-15,22-25,28,35,37,51-52H,4,8,11,16-21,26-27H2,1-3H3,(H,49,58)(H,50,62)(H,59,60)(H3,47,48,61)/t35-,37-/m0/s1. The molecule has 0 spiro atoms. The third kappa shape index (κ3) is 12.4. The molecular weight excluding hydrogens is 844 g/mol. The molecule has 1 saturated heterocycles. The number of alkyl carbamates (subject to hydrolysis) is 1. The zero-order chi connectivity index (χ0) is 46.6. The molecule has 6 rings (SSSR count). The number of benzene rings is 3. The summed E-state index contributed by atoms with van der Waals surface area (Å²) >= 11 is 0. The van der Waals surface area contributed by atoms with E-state index in [2.05, 4.69) is 26.9 Å². The third-order valence-electron chi connectivity index (χ3n) is 11.0. The van der Waals surface area contributed by atoms with Crippen molar-refractivity contribution in [1.29, 1.82) is 0 Å². The molecule has 346 valence electrons. The van der Waals surface area contributed by atoms with Crippen molar-refractivity contribution in [3.8, 4) is 0 Å². The summed E-state index contributed by atoms with van der Waals surface area (Å²) in [5.41, 5.74) is 13.4. The van der Waals surface area contributed by atoms with Crippen LogP contribution in [0.2, 0.25) is 0 Å². The van der Waals surface area contributed by atoms with Gasteiger partial charge in [0.15, 0.2) is 0 Å². The Morgan fingerprint density at radius 1 is 0.938 bits per heavy atom. The number of urea groups is 1. The van der Waals surface area contributed by atoms with Crippen molar-refractivity contribution < 1.29 is 42.9 Å². The van der Waals surface area contributed by atoms with Gasteiger partial charge in [0.25, 0.3) is 0 Å². The van der Waals surface area contributed by atoms with Gasteiger partial charge >= 0.3 is 24.2 Å². The van der Waals surface area contributed by atoms with Crippen LogP contribution < -0.4 is 43.0 Å². The number of aromatic nitrogens is 1. The largest absolute Gasteiger partial charge is 0.477 e. The minimum Gasteiger partial charge on any atom is -0.477 e. The number of nitrogens with two attached hydrogens (primary N) is 1. The van der Waals surface area contributed by atoms with Crippen LogP contribution in [0.4, 0.5) is 30.1 Å². The number of anilines is 2. The Bertz CT molecular complexity index is 2440. The van der Waals surface area contributed by atoms with E-state index in [0.717, 1.165) is 11.6 Å². The van der Waals surface area contributed by atoms with Crippen LogP contribution in [0.3, 0.4) is 0 Å². The first-order valence-corrected chi connectivity index (χ1v) is 21.4. The number of carbonyl (C=O) groups is 5. The highest BCUT2D eigenvalue weighted by atomic mass is 19.1. The first-order chi connectivity index (χ1) is 31.2. The van der Waals surface area contributed by atoms with Crippen LogP contribution in [0, 0.1) is 11.7 Å². The highest BCUT2D eigenvalue weighted by Crippen LogP contribution is 2.27. The second kappa shape index (κ2) is 21.8. The Labute approximate surface area is 374 Å². The number of aromatic carboxylic acids is 1. The lowest BCUT2D eigenvalue weighted by Gasteiger charge is -2.35. The molecule has 8 N–H and O–H groups in total. The number of rotatable bonds is 18. The number of carbonyl (C=O) groups excluding carboxylic acids is 4. The molecule has 1 aromatic heterocycles. The minimum atomic E-state index is -1.38. The molecule has 0 aliphatic carbocycles. The van der Waals surface area contributed by atoms with Crippen LogP contribution >= 0.6 is 0 Å². The van der Waals surface area contributed by atoms with E-state index in [1.165, 1.54) is 17.2 Å². The monoisotopic (exact) mass is 898 g/mol. The summed E-state index contributed by atoms with van der Waals surface area (Å²) in [6.45, 7) is 7.59. The average Bonchev–Trinajstić information content (AvgIpc) is 3.78.